The van der Waals surface area contributed by atoms with Gasteiger partial charge in [-0.25, -0.2) is 0 Å². The number of aliphatic hydroxyl groups excluding tert-OH is 1. The maximum absolute atomic E-state index is 9.11. The first-order valence-electron chi connectivity index (χ1n) is 5.52. The quantitative estimate of drug-likeness (QED) is 0.743. The zero-order valence-corrected chi connectivity index (χ0v) is 9.62. The van der Waals surface area contributed by atoms with Crippen molar-refractivity contribution < 1.29 is 9.84 Å². The van der Waals surface area contributed by atoms with E-state index in [1.807, 2.05) is 0 Å². The highest BCUT2D eigenvalue weighted by Gasteiger charge is 2.23. The topological polar surface area (TPSA) is 32.7 Å². The third kappa shape index (κ3) is 3.95. The Morgan fingerprint density at radius 1 is 1.43 bits per heavy atom. The number of hydrogen-bond acceptors (Lipinski definition) is 3. The van der Waals surface area contributed by atoms with E-state index < -0.39 is 0 Å². The Balaban J connectivity index is 2.18. The lowest BCUT2D eigenvalue weighted by atomic mass is 10.2. The lowest BCUT2D eigenvalue weighted by molar-refractivity contribution is -0.0163. The molecule has 0 aliphatic carbocycles. The van der Waals surface area contributed by atoms with E-state index >= 15 is 0 Å². The molecule has 14 heavy (non-hydrogen) atoms. The molecule has 0 aromatic heterocycles. The highest BCUT2D eigenvalue weighted by Crippen LogP contribution is 2.16. The fourth-order valence-electron chi connectivity index (χ4n) is 1.87. The zero-order valence-electron chi connectivity index (χ0n) is 9.62. The summed E-state index contributed by atoms with van der Waals surface area (Å²) in [6.07, 6.45) is 2.34. The molecule has 1 rings (SSSR count). The van der Waals surface area contributed by atoms with Gasteiger partial charge in [0.25, 0.3) is 0 Å². The van der Waals surface area contributed by atoms with Gasteiger partial charge in [-0.2, -0.15) is 0 Å². The minimum absolute atomic E-state index is 0.0472. The van der Waals surface area contributed by atoms with Gasteiger partial charge in [0.15, 0.2) is 0 Å². The molecule has 1 fully saturated rings. The normalized spacial score (nSPS) is 24.4. The molecule has 1 heterocycles. The SMILES string of the molecule is CC(C)(C)OCCN1CCC[C@H]1CO. The molecule has 0 unspecified atom stereocenters. The molecule has 0 spiro atoms. The Hall–Kier alpha value is -0.120. The molecule has 0 radical (unpaired) electrons. The minimum atomic E-state index is -0.0472. The van der Waals surface area contributed by atoms with Crippen molar-refractivity contribution >= 4 is 0 Å². The maximum atomic E-state index is 9.11. The number of hydrogen-bond donors (Lipinski definition) is 1. The van der Waals surface area contributed by atoms with Gasteiger partial charge < -0.3 is 9.84 Å². The van der Waals surface area contributed by atoms with E-state index in [1.54, 1.807) is 0 Å². The highest BCUT2D eigenvalue weighted by molar-refractivity contribution is 4.78. The van der Waals surface area contributed by atoms with Crippen LogP contribution in [-0.4, -0.2) is 48.0 Å². The largest absolute Gasteiger partial charge is 0.395 e. The molecule has 3 heteroatoms. The van der Waals surface area contributed by atoms with Crippen molar-refractivity contribution in [3.05, 3.63) is 0 Å². The summed E-state index contributed by atoms with van der Waals surface area (Å²) in [5.41, 5.74) is -0.0472. The van der Waals surface area contributed by atoms with Gasteiger partial charge in [0.2, 0.25) is 0 Å². The van der Waals surface area contributed by atoms with Crippen LogP contribution in [0.5, 0.6) is 0 Å². The van der Waals surface area contributed by atoms with E-state index in [0.29, 0.717) is 6.04 Å². The summed E-state index contributed by atoms with van der Waals surface area (Å²) in [4.78, 5) is 2.33. The summed E-state index contributed by atoms with van der Waals surface area (Å²) < 4.78 is 5.66. The molecule has 1 aliphatic heterocycles. The number of nitrogens with zero attached hydrogens (tertiary/aromatic N) is 1. The first kappa shape index (κ1) is 12.0. The van der Waals surface area contributed by atoms with Crippen molar-refractivity contribution in [2.45, 2.75) is 45.3 Å². The molecule has 1 saturated heterocycles. The molecule has 0 amide bonds. The summed E-state index contributed by atoms with van der Waals surface area (Å²) in [7, 11) is 0. The van der Waals surface area contributed by atoms with Gasteiger partial charge in [0, 0.05) is 12.6 Å². The Morgan fingerprint density at radius 3 is 2.71 bits per heavy atom. The molecule has 84 valence electrons. The minimum Gasteiger partial charge on any atom is -0.395 e. The van der Waals surface area contributed by atoms with Crippen LogP contribution in [0.1, 0.15) is 33.6 Å². The van der Waals surface area contributed by atoms with Crippen LogP contribution >= 0.6 is 0 Å². The maximum Gasteiger partial charge on any atom is 0.0600 e. The first-order valence-corrected chi connectivity index (χ1v) is 5.52. The predicted molar refractivity (Wildman–Crippen MR) is 57.4 cm³/mol. The van der Waals surface area contributed by atoms with Crippen molar-refractivity contribution in [2.24, 2.45) is 0 Å². The molecular formula is C11H23NO2. The van der Waals surface area contributed by atoms with Gasteiger partial charge in [-0.1, -0.05) is 0 Å². The van der Waals surface area contributed by atoms with Crippen LogP contribution in [0.3, 0.4) is 0 Å². The van der Waals surface area contributed by atoms with Gasteiger partial charge in [0.05, 0.1) is 18.8 Å². The summed E-state index contributed by atoms with van der Waals surface area (Å²) in [6, 6.07) is 0.374. The molecule has 0 aromatic carbocycles. The first-order chi connectivity index (χ1) is 6.53. The predicted octanol–water partition coefficient (Wildman–Crippen LogP) is 1.26. The fraction of sp³-hybridized carbons (Fsp3) is 1.00. The number of rotatable bonds is 4. The average Bonchev–Trinajstić information content (AvgIpc) is 2.49. The van der Waals surface area contributed by atoms with E-state index in [1.165, 1.54) is 6.42 Å². The number of likely N-dealkylation sites (tertiary alicyclic amines) is 1. The van der Waals surface area contributed by atoms with Crippen molar-refractivity contribution in [3.8, 4) is 0 Å². The standard InChI is InChI=1S/C11H23NO2/c1-11(2,3)14-8-7-12-6-4-5-10(12)9-13/h10,13H,4-9H2,1-3H3/t10-/m0/s1. The fourth-order valence-corrected chi connectivity index (χ4v) is 1.87. The van der Waals surface area contributed by atoms with Crippen molar-refractivity contribution in [1.82, 2.24) is 4.90 Å². The molecule has 0 bridgehead atoms. The lowest BCUT2D eigenvalue weighted by Gasteiger charge is -2.25. The highest BCUT2D eigenvalue weighted by atomic mass is 16.5. The second kappa shape index (κ2) is 5.10. The zero-order chi connectivity index (χ0) is 10.6. The van der Waals surface area contributed by atoms with Crippen LogP contribution in [0.4, 0.5) is 0 Å². The molecular weight excluding hydrogens is 178 g/mol. The van der Waals surface area contributed by atoms with E-state index in [-0.39, 0.29) is 12.2 Å². The Bertz CT molecular complexity index is 165. The van der Waals surface area contributed by atoms with Crippen LogP contribution < -0.4 is 0 Å². The van der Waals surface area contributed by atoms with Crippen molar-refractivity contribution in [3.63, 3.8) is 0 Å². The molecule has 1 N–H and O–H groups in total. The van der Waals surface area contributed by atoms with Gasteiger partial charge in [-0.15, -0.1) is 0 Å². The van der Waals surface area contributed by atoms with Crippen LogP contribution in [0.15, 0.2) is 0 Å². The Labute approximate surface area is 87.1 Å². The van der Waals surface area contributed by atoms with E-state index in [9.17, 15) is 0 Å². The lowest BCUT2D eigenvalue weighted by Crippen LogP contribution is -2.36. The van der Waals surface area contributed by atoms with E-state index in [2.05, 4.69) is 25.7 Å². The molecule has 3 nitrogen and oxygen atoms in total. The second-order valence-corrected chi connectivity index (χ2v) is 4.98. The summed E-state index contributed by atoms with van der Waals surface area (Å²) in [5.74, 6) is 0. The second-order valence-electron chi connectivity index (χ2n) is 4.98. The van der Waals surface area contributed by atoms with E-state index in [4.69, 9.17) is 9.84 Å². The van der Waals surface area contributed by atoms with Crippen LogP contribution in [-0.2, 0) is 4.74 Å². The van der Waals surface area contributed by atoms with E-state index in [0.717, 1.165) is 26.1 Å². The number of aliphatic hydroxyl groups is 1. The average molecular weight is 201 g/mol. The van der Waals surface area contributed by atoms with Gasteiger partial charge in [0.1, 0.15) is 0 Å². The summed E-state index contributed by atoms with van der Waals surface area (Å²) in [5, 5.41) is 9.11. The molecule has 0 aromatic rings. The van der Waals surface area contributed by atoms with Crippen molar-refractivity contribution in [2.75, 3.05) is 26.3 Å². The Kier molecular flexibility index (Phi) is 4.35. The molecule has 0 saturated carbocycles. The summed E-state index contributed by atoms with van der Waals surface area (Å²) >= 11 is 0. The summed E-state index contributed by atoms with van der Waals surface area (Å²) in [6.45, 7) is 9.32. The molecule has 1 atom stereocenters. The molecule has 1 aliphatic rings. The van der Waals surface area contributed by atoms with Crippen LogP contribution in [0.25, 0.3) is 0 Å². The third-order valence-corrected chi connectivity index (χ3v) is 2.62. The third-order valence-electron chi connectivity index (χ3n) is 2.62. The van der Waals surface area contributed by atoms with Crippen LogP contribution in [0, 0.1) is 0 Å². The van der Waals surface area contributed by atoms with Gasteiger partial charge >= 0.3 is 0 Å². The van der Waals surface area contributed by atoms with Crippen molar-refractivity contribution in [1.29, 1.82) is 0 Å². The van der Waals surface area contributed by atoms with Crippen LogP contribution in [0.2, 0.25) is 0 Å². The number of ether oxygens (including phenoxy) is 1. The smallest absolute Gasteiger partial charge is 0.0600 e. The Morgan fingerprint density at radius 2 is 2.14 bits per heavy atom. The van der Waals surface area contributed by atoms with Gasteiger partial charge in [-0.3, -0.25) is 4.90 Å². The monoisotopic (exact) mass is 201 g/mol. The van der Waals surface area contributed by atoms with Gasteiger partial charge in [-0.05, 0) is 40.2 Å².